The molecule has 0 N–H and O–H groups in total. The van der Waals surface area contributed by atoms with E-state index in [0.717, 1.165) is 31.7 Å². The average molecular weight is 267 g/mol. The van der Waals surface area contributed by atoms with Crippen molar-refractivity contribution in [2.45, 2.75) is 19.4 Å². The fourth-order valence-corrected chi connectivity index (χ4v) is 3.55. The van der Waals surface area contributed by atoms with E-state index in [0.29, 0.717) is 11.8 Å². The van der Waals surface area contributed by atoms with E-state index in [1.165, 1.54) is 11.1 Å². The Labute approximate surface area is 118 Å². The van der Waals surface area contributed by atoms with Gasteiger partial charge >= 0.3 is 0 Å². The van der Waals surface area contributed by atoms with Crippen molar-refractivity contribution in [1.29, 1.82) is 0 Å². The van der Waals surface area contributed by atoms with E-state index in [4.69, 9.17) is 4.42 Å². The molecule has 0 saturated carbocycles. The van der Waals surface area contributed by atoms with Gasteiger partial charge in [0.2, 0.25) is 5.91 Å². The Kier molecular flexibility index (Phi) is 2.66. The van der Waals surface area contributed by atoms with Gasteiger partial charge in [0.25, 0.3) is 0 Å². The molecular weight excluding hydrogens is 250 g/mol. The first-order valence-corrected chi connectivity index (χ1v) is 7.19. The van der Waals surface area contributed by atoms with Gasteiger partial charge in [0.05, 0.1) is 12.2 Å². The topological polar surface area (TPSA) is 33.5 Å². The summed E-state index contributed by atoms with van der Waals surface area (Å²) in [7, 11) is 0. The molecule has 2 atom stereocenters. The molecule has 1 aromatic heterocycles. The van der Waals surface area contributed by atoms with E-state index in [1.54, 1.807) is 6.26 Å². The summed E-state index contributed by atoms with van der Waals surface area (Å²) in [6, 6.07) is 12.3. The predicted molar refractivity (Wildman–Crippen MR) is 75.0 cm³/mol. The van der Waals surface area contributed by atoms with E-state index in [1.807, 2.05) is 23.1 Å². The summed E-state index contributed by atoms with van der Waals surface area (Å²) in [6.07, 6.45) is 3.50. The Hall–Kier alpha value is -2.03. The molecule has 1 amide bonds. The van der Waals surface area contributed by atoms with Crippen LogP contribution in [0.5, 0.6) is 0 Å². The maximum Gasteiger partial charge on any atom is 0.226 e. The number of rotatable bonds is 2. The summed E-state index contributed by atoms with van der Waals surface area (Å²) < 4.78 is 5.50. The summed E-state index contributed by atoms with van der Waals surface area (Å²) in [4.78, 5) is 14.6. The number of amides is 1. The lowest BCUT2D eigenvalue weighted by Gasteiger charge is -2.21. The number of benzene rings is 1. The summed E-state index contributed by atoms with van der Waals surface area (Å²) in [6.45, 7) is 1.61. The van der Waals surface area contributed by atoms with Crippen LogP contribution in [0, 0.1) is 11.8 Å². The van der Waals surface area contributed by atoms with Crippen molar-refractivity contribution in [3.63, 3.8) is 0 Å². The van der Waals surface area contributed by atoms with E-state index >= 15 is 0 Å². The third kappa shape index (κ3) is 1.85. The number of carbonyl (C=O) groups is 1. The molecule has 1 saturated heterocycles. The zero-order chi connectivity index (χ0) is 13.5. The molecule has 0 radical (unpaired) electrons. The number of fused-ring (bicyclic) bond motifs is 2. The Morgan fingerprint density at radius 3 is 2.85 bits per heavy atom. The Morgan fingerprint density at radius 1 is 1.15 bits per heavy atom. The average Bonchev–Trinajstić information content (AvgIpc) is 3.03. The maximum absolute atomic E-state index is 12.6. The standard InChI is InChI=1S/C17H17NO2/c19-17-15-9-16-13(6-7-20-16)8-14(15)11-18(17)10-12-4-2-1-3-5-12/h1-7,14-15H,8-11H2/t14-,15+/m1/s1. The molecule has 1 fully saturated rings. The highest BCUT2D eigenvalue weighted by Crippen LogP contribution is 2.37. The van der Waals surface area contributed by atoms with Crippen LogP contribution >= 0.6 is 0 Å². The monoisotopic (exact) mass is 267 g/mol. The smallest absolute Gasteiger partial charge is 0.226 e. The SMILES string of the molecule is O=C1[C@H]2Cc3occc3C[C@@H]2CN1Cc1ccccc1. The molecule has 3 heteroatoms. The summed E-state index contributed by atoms with van der Waals surface area (Å²) in [5, 5.41) is 0. The fraction of sp³-hybridized carbons (Fsp3) is 0.353. The minimum atomic E-state index is 0.123. The van der Waals surface area contributed by atoms with Crippen LogP contribution in [0.1, 0.15) is 16.9 Å². The van der Waals surface area contributed by atoms with Crippen LogP contribution in [0.2, 0.25) is 0 Å². The Balaban J connectivity index is 1.53. The highest BCUT2D eigenvalue weighted by Gasteiger charge is 2.43. The van der Waals surface area contributed by atoms with Gasteiger partial charge in [-0.25, -0.2) is 0 Å². The van der Waals surface area contributed by atoms with E-state index in [2.05, 4.69) is 18.2 Å². The van der Waals surface area contributed by atoms with E-state index in [-0.39, 0.29) is 5.92 Å². The molecule has 0 bridgehead atoms. The molecule has 0 spiro atoms. The molecule has 4 rings (SSSR count). The van der Waals surface area contributed by atoms with Gasteiger partial charge in [0.15, 0.2) is 0 Å². The second kappa shape index (κ2) is 4.51. The van der Waals surface area contributed by atoms with Gasteiger partial charge in [0.1, 0.15) is 5.76 Å². The van der Waals surface area contributed by atoms with Gasteiger partial charge < -0.3 is 9.32 Å². The molecule has 102 valence electrons. The van der Waals surface area contributed by atoms with Crippen molar-refractivity contribution >= 4 is 5.91 Å². The molecule has 0 unspecified atom stereocenters. The van der Waals surface area contributed by atoms with Crippen LogP contribution in [0.3, 0.4) is 0 Å². The Bertz CT molecular complexity index is 631. The Morgan fingerprint density at radius 2 is 2.00 bits per heavy atom. The van der Waals surface area contributed by atoms with Crippen LogP contribution in [-0.2, 0) is 24.2 Å². The van der Waals surface area contributed by atoms with Crippen molar-refractivity contribution in [2.75, 3.05) is 6.54 Å². The van der Waals surface area contributed by atoms with Crippen molar-refractivity contribution in [1.82, 2.24) is 4.90 Å². The van der Waals surface area contributed by atoms with Crippen LogP contribution in [-0.4, -0.2) is 17.4 Å². The molecule has 1 aliphatic carbocycles. The number of furan rings is 1. The summed E-state index contributed by atoms with van der Waals surface area (Å²) >= 11 is 0. The summed E-state index contributed by atoms with van der Waals surface area (Å²) in [5.41, 5.74) is 2.50. The molecule has 2 aliphatic rings. The van der Waals surface area contributed by atoms with Gasteiger partial charge in [-0.15, -0.1) is 0 Å². The largest absolute Gasteiger partial charge is 0.469 e. The lowest BCUT2D eigenvalue weighted by Crippen LogP contribution is -2.28. The molecule has 2 aromatic rings. The van der Waals surface area contributed by atoms with Crippen molar-refractivity contribution in [3.05, 3.63) is 59.5 Å². The lowest BCUT2D eigenvalue weighted by atomic mass is 9.81. The molecule has 20 heavy (non-hydrogen) atoms. The van der Waals surface area contributed by atoms with Gasteiger partial charge in [-0.3, -0.25) is 4.79 Å². The number of nitrogens with zero attached hydrogens (tertiary/aromatic N) is 1. The number of hydrogen-bond donors (Lipinski definition) is 0. The third-order valence-electron chi connectivity index (χ3n) is 4.59. The number of carbonyl (C=O) groups excluding carboxylic acids is 1. The zero-order valence-electron chi connectivity index (χ0n) is 11.3. The van der Waals surface area contributed by atoms with Crippen LogP contribution in [0.4, 0.5) is 0 Å². The van der Waals surface area contributed by atoms with E-state index < -0.39 is 0 Å². The minimum absolute atomic E-state index is 0.123. The first-order valence-electron chi connectivity index (χ1n) is 7.19. The second-order valence-electron chi connectivity index (χ2n) is 5.85. The first-order chi connectivity index (χ1) is 9.81. The van der Waals surface area contributed by atoms with Crippen LogP contribution < -0.4 is 0 Å². The molecule has 1 aliphatic heterocycles. The highest BCUT2D eigenvalue weighted by molar-refractivity contribution is 5.82. The second-order valence-corrected chi connectivity index (χ2v) is 5.85. The molecular formula is C17H17NO2. The van der Waals surface area contributed by atoms with Crippen LogP contribution in [0.15, 0.2) is 47.1 Å². The molecule has 2 heterocycles. The van der Waals surface area contributed by atoms with Gasteiger partial charge in [-0.05, 0) is 29.5 Å². The van der Waals surface area contributed by atoms with Crippen molar-refractivity contribution < 1.29 is 9.21 Å². The number of hydrogen-bond acceptors (Lipinski definition) is 2. The van der Waals surface area contributed by atoms with Gasteiger partial charge in [-0.1, -0.05) is 30.3 Å². The predicted octanol–water partition coefficient (Wildman–Crippen LogP) is 2.65. The normalized spacial score (nSPS) is 24.6. The number of likely N-dealkylation sites (tertiary alicyclic amines) is 1. The summed E-state index contributed by atoms with van der Waals surface area (Å²) in [5.74, 6) is 1.88. The lowest BCUT2D eigenvalue weighted by molar-refractivity contribution is -0.131. The van der Waals surface area contributed by atoms with Crippen LogP contribution in [0.25, 0.3) is 0 Å². The maximum atomic E-state index is 12.6. The zero-order valence-corrected chi connectivity index (χ0v) is 11.3. The molecule has 3 nitrogen and oxygen atoms in total. The minimum Gasteiger partial charge on any atom is -0.469 e. The van der Waals surface area contributed by atoms with Crippen molar-refractivity contribution in [2.24, 2.45) is 11.8 Å². The quantitative estimate of drug-likeness (QED) is 0.838. The molecule has 1 aromatic carbocycles. The van der Waals surface area contributed by atoms with E-state index in [9.17, 15) is 4.79 Å². The first kappa shape index (κ1) is 11.8. The van der Waals surface area contributed by atoms with Gasteiger partial charge in [-0.2, -0.15) is 0 Å². The third-order valence-corrected chi connectivity index (χ3v) is 4.59. The fourth-order valence-electron chi connectivity index (χ4n) is 3.55. The van der Waals surface area contributed by atoms with Gasteiger partial charge in [0, 0.05) is 19.5 Å². The van der Waals surface area contributed by atoms with Crippen molar-refractivity contribution in [3.8, 4) is 0 Å². The highest BCUT2D eigenvalue weighted by atomic mass is 16.3.